The average Bonchev–Trinajstić information content (AvgIpc) is 2.30. The van der Waals surface area contributed by atoms with E-state index in [4.69, 9.17) is 9.84 Å². The Morgan fingerprint density at radius 3 is 2.90 bits per heavy atom. The van der Waals surface area contributed by atoms with Gasteiger partial charge >= 0.3 is 0 Å². The van der Waals surface area contributed by atoms with E-state index >= 15 is 0 Å². The van der Waals surface area contributed by atoms with Crippen LogP contribution in [0.1, 0.15) is 0 Å². The standard InChI is InChI=1S/C6H12N2O2/c1-7-6-8(2)5(3-9)4-10-6/h5,9H,3-4H2,1-2H3/b7-6-/t5-/m0/s1. The fraction of sp³-hybridized carbons (Fsp3) is 0.833. The molecule has 0 unspecified atom stereocenters. The van der Waals surface area contributed by atoms with Gasteiger partial charge in [0.05, 0.1) is 12.6 Å². The van der Waals surface area contributed by atoms with E-state index in [0.29, 0.717) is 12.6 Å². The Balaban J connectivity index is 2.58. The number of aliphatic hydroxyl groups excluding tert-OH is 1. The summed E-state index contributed by atoms with van der Waals surface area (Å²) in [5.74, 6) is 0. The second-order valence-electron chi connectivity index (χ2n) is 2.26. The van der Waals surface area contributed by atoms with Crippen LogP contribution in [0.25, 0.3) is 0 Å². The van der Waals surface area contributed by atoms with Crippen LogP contribution < -0.4 is 0 Å². The van der Waals surface area contributed by atoms with Crippen LogP contribution >= 0.6 is 0 Å². The lowest BCUT2D eigenvalue weighted by molar-refractivity contribution is 0.197. The topological polar surface area (TPSA) is 45.1 Å². The summed E-state index contributed by atoms with van der Waals surface area (Å²) < 4.78 is 5.13. The van der Waals surface area contributed by atoms with Crippen molar-refractivity contribution in [2.45, 2.75) is 6.04 Å². The van der Waals surface area contributed by atoms with E-state index < -0.39 is 0 Å². The number of hydrogen-bond acceptors (Lipinski definition) is 3. The highest BCUT2D eigenvalue weighted by Gasteiger charge is 2.26. The van der Waals surface area contributed by atoms with Gasteiger partial charge in [0.2, 0.25) is 0 Å². The molecule has 0 spiro atoms. The van der Waals surface area contributed by atoms with Gasteiger partial charge in [-0.3, -0.25) is 0 Å². The Labute approximate surface area is 60.1 Å². The minimum absolute atomic E-state index is 0.0821. The third-order valence-electron chi connectivity index (χ3n) is 1.66. The van der Waals surface area contributed by atoms with Crippen LogP contribution in [0.15, 0.2) is 4.99 Å². The Kier molecular flexibility index (Phi) is 2.11. The van der Waals surface area contributed by atoms with E-state index in [9.17, 15) is 0 Å². The van der Waals surface area contributed by atoms with Crippen molar-refractivity contribution < 1.29 is 9.84 Å². The molecular weight excluding hydrogens is 132 g/mol. The molecule has 1 fully saturated rings. The van der Waals surface area contributed by atoms with Crippen LogP contribution in [0.4, 0.5) is 0 Å². The van der Waals surface area contributed by atoms with E-state index in [2.05, 4.69) is 4.99 Å². The van der Waals surface area contributed by atoms with Gasteiger partial charge in [0, 0.05) is 14.1 Å². The maximum absolute atomic E-state index is 8.77. The predicted molar refractivity (Wildman–Crippen MR) is 37.9 cm³/mol. The van der Waals surface area contributed by atoms with E-state index in [1.165, 1.54) is 0 Å². The fourth-order valence-electron chi connectivity index (χ4n) is 0.938. The highest BCUT2D eigenvalue weighted by Crippen LogP contribution is 2.07. The molecular formula is C6H12N2O2. The maximum Gasteiger partial charge on any atom is 0.287 e. The monoisotopic (exact) mass is 144 g/mol. The van der Waals surface area contributed by atoms with Crippen molar-refractivity contribution in [3.8, 4) is 0 Å². The third-order valence-corrected chi connectivity index (χ3v) is 1.66. The Bertz CT molecular complexity index is 147. The summed E-state index contributed by atoms with van der Waals surface area (Å²) in [5.41, 5.74) is 0. The summed E-state index contributed by atoms with van der Waals surface area (Å²) in [4.78, 5) is 5.71. The molecule has 58 valence electrons. The van der Waals surface area contributed by atoms with Crippen molar-refractivity contribution in [2.24, 2.45) is 4.99 Å². The molecule has 0 aromatic carbocycles. The molecule has 0 radical (unpaired) electrons. The van der Waals surface area contributed by atoms with Gasteiger partial charge in [0.1, 0.15) is 6.61 Å². The molecule has 0 amide bonds. The largest absolute Gasteiger partial charge is 0.463 e. The smallest absolute Gasteiger partial charge is 0.287 e. The summed E-state index contributed by atoms with van der Waals surface area (Å²) in [6.07, 6.45) is 0. The summed E-state index contributed by atoms with van der Waals surface area (Å²) in [7, 11) is 3.53. The number of ether oxygens (including phenoxy) is 1. The fourth-order valence-corrected chi connectivity index (χ4v) is 0.938. The molecule has 1 N–H and O–H groups in total. The zero-order valence-corrected chi connectivity index (χ0v) is 6.24. The number of hydrogen-bond donors (Lipinski definition) is 1. The highest BCUT2D eigenvalue weighted by atomic mass is 16.5. The van der Waals surface area contributed by atoms with Gasteiger partial charge in [-0.05, 0) is 0 Å². The molecule has 1 rings (SSSR count). The second-order valence-corrected chi connectivity index (χ2v) is 2.26. The van der Waals surface area contributed by atoms with E-state index in [1.54, 1.807) is 7.05 Å². The second kappa shape index (κ2) is 2.88. The van der Waals surface area contributed by atoms with E-state index in [0.717, 1.165) is 0 Å². The van der Waals surface area contributed by atoms with Crippen LogP contribution in [0.3, 0.4) is 0 Å². The highest BCUT2D eigenvalue weighted by molar-refractivity contribution is 5.75. The maximum atomic E-state index is 8.77. The Morgan fingerprint density at radius 1 is 1.90 bits per heavy atom. The SMILES string of the molecule is C/N=C1\OC[C@H](CO)N1C. The molecule has 4 heteroatoms. The Morgan fingerprint density at radius 2 is 2.60 bits per heavy atom. The lowest BCUT2D eigenvalue weighted by Crippen LogP contribution is -2.32. The molecule has 0 bridgehead atoms. The van der Waals surface area contributed by atoms with Gasteiger partial charge in [-0.1, -0.05) is 0 Å². The minimum atomic E-state index is 0.0821. The molecule has 0 saturated carbocycles. The van der Waals surface area contributed by atoms with Gasteiger partial charge in [-0.25, -0.2) is 4.99 Å². The third kappa shape index (κ3) is 1.07. The molecule has 1 atom stereocenters. The van der Waals surface area contributed by atoms with Crippen LogP contribution in [0.2, 0.25) is 0 Å². The van der Waals surface area contributed by atoms with Crippen molar-refractivity contribution in [1.82, 2.24) is 4.90 Å². The molecule has 1 aliphatic rings. The molecule has 1 heterocycles. The summed E-state index contributed by atoms with van der Waals surface area (Å²) >= 11 is 0. The van der Waals surface area contributed by atoms with Gasteiger partial charge in [-0.15, -0.1) is 0 Å². The lowest BCUT2D eigenvalue weighted by Gasteiger charge is -2.14. The van der Waals surface area contributed by atoms with Crippen molar-refractivity contribution in [1.29, 1.82) is 0 Å². The van der Waals surface area contributed by atoms with Crippen LogP contribution in [-0.4, -0.2) is 49.4 Å². The molecule has 0 aromatic heterocycles. The number of rotatable bonds is 1. The first-order valence-corrected chi connectivity index (χ1v) is 3.23. The van der Waals surface area contributed by atoms with Crippen molar-refractivity contribution >= 4 is 6.02 Å². The predicted octanol–water partition coefficient (Wildman–Crippen LogP) is -0.705. The number of aliphatic hydroxyl groups is 1. The van der Waals surface area contributed by atoms with Crippen molar-refractivity contribution in [3.63, 3.8) is 0 Å². The Hall–Kier alpha value is -0.770. The van der Waals surface area contributed by atoms with Crippen LogP contribution in [0, 0.1) is 0 Å². The zero-order valence-electron chi connectivity index (χ0n) is 6.24. The molecule has 0 aromatic rings. The number of nitrogens with zero attached hydrogens (tertiary/aromatic N) is 2. The molecule has 4 nitrogen and oxygen atoms in total. The molecule has 10 heavy (non-hydrogen) atoms. The van der Waals surface area contributed by atoms with Crippen molar-refractivity contribution in [2.75, 3.05) is 27.3 Å². The van der Waals surface area contributed by atoms with E-state index in [1.807, 2.05) is 11.9 Å². The molecule has 1 saturated heterocycles. The molecule has 1 aliphatic heterocycles. The normalized spacial score (nSPS) is 29.3. The van der Waals surface area contributed by atoms with Gasteiger partial charge in [-0.2, -0.15) is 0 Å². The zero-order chi connectivity index (χ0) is 7.56. The van der Waals surface area contributed by atoms with Gasteiger partial charge in [0.15, 0.2) is 0 Å². The minimum Gasteiger partial charge on any atom is -0.463 e. The molecule has 0 aliphatic carbocycles. The first-order chi connectivity index (χ1) is 4.79. The number of amidine groups is 1. The lowest BCUT2D eigenvalue weighted by atomic mass is 10.3. The number of aliphatic imine (C=N–C) groups is 1. The summed E-state index contributed by atoms with van der Waals surface area (Å²) in [5, 5.41) is 8.77. The van der Waals surface area contributed by atoms with E-state index in [-0.39, 0.29) is 12.6 Å². The van der Waals surface area contributed by atoms with Gasteiger partial charge in [0.25, 0.3) is 6.02 Å². The quantitative estimate of drug-likeness (QED) is 0.529. The van der Waals surface area contributed by atoms with Crippen LogP contribution in [0.5, 0.6) is 0 Å². The van der Waals surface area contributed by atoms with Gasteiger partial charge < -0.3 is 14.7 Å². The summed E-state index contributed by atoms with van der Waals surface area (Å²) in [6, 6.07) is 0.692. The van der Waals surface area contributed by atoms with Crippen molar-refractivity contribution in [3.05, 3.63) is 0 Å². The average molecular weight is 144 g/mol. The summed E-state index contributed by atoms with van der Waals surface area (Å²) in [6.45, 7) is 0.662. The first-order valence-electron chi connectivity index (χ1n) is 3.23. The first kappa shape index (κ1) is 7.34. The van der Waals surface area contributed by atoms with Crippen LogP contribution in [-0.2, 0) is 4.74 Å². The number of likely N-dealkylation sites (N-methyl/N-ethyl adjacent to an activating group) is 1.